The fourth-order valence-electron chi connectivity index (χ4n) is 1.93. The van der Waals surface area contributed by atoms with E-state index in [0.29, 0.717) is 22.1 Å². The van der Waals surface area contributed by atoms with E-state index >= 15 is 0 Å². The molecule has 0 bridgehead atoms. The van der Waals surface area contributed by atoms with Gasteiger partial charge in [-0.3, -0.25) is 4.79 Å². The van der Waals surface area contributed by atoms with E-state index in [1.165, 1.54) is 4.90 Å². The third kappa shape index (κ3) is 1.73. The van der Waals surface area contributed by atoms with Crippen LogP contribution in [0.25, 0.3) is 11.0 Å². The second kappa shape index (κ2) is 4.18. The molecule has 0 aliphatic rings. The van der Waals surface area contributed by atoms with E-state index in [0.717, 1.165) is 0 Å². The van der Waals surface area contributed by atoms with Gasteiger partial charge in [-0.25, -0.2) is 4.79 Å². The zero-order valence-corrected chi connectivity index (χ0v) is 10.4. The first-order valence-corrected chi connectivity index (χ1v) is 5.40. The number of fused-ring (bicyclic) bond motifs is 1. The van der Waals surface area contributed by atoms with Crippen LogP contribution < -0.4 is 0 Å². The lowest BCUT2D eigenvalue weighted by Gasteiger charge is -2.10. The third-order valence-corrected chi connectivity index (χ3v) is 2.78. The van der Waals surface area contributed by atoms with E-state index < -0.39 is 5.97 Å². The molecule has 18 heavy (non-hydrogen) atoms. The predicted octanol–water partition coefficient (Wildman–Crippen LogP) is 2.14. The Morgan fingerprint density at radius 2 is 1.94 bits per heavy atom. The topological polar surface area (TPSA) is 70.7 Å². The van der Waals surface area contributed by atoms with E-state index in [9.17, 15) is 9.59 Å². The molecule has 1 heterocycles. The zero-order valence-electron chi connectivity index (χ0n) is 10.4. The summed E-state index contributed by atoms with van der Waals surface area (Å²) >= 11 is 0. The van der Waals surface area contributed by atoms with Crippen LogP contribution in [0.2, 0.25) is 0 Å². The molecule has 1 aromatic heterocycles. The van der Waals surface area contributed by atoms with Gasteiger partial charge in [0.15, 0.2) is 0 Å². The molecule has 0 aliphatic heterocycles. The second-order valence-corrected chi connectivity index (χ2v) is 4.24. The molecule has 94 valence electrons. The van der Waals surface area contributed by atoms with Crippen molar-refractivity contribution >= 4 is 22.8 Å². The van der Waals surface area contributed by atoms with Crippen molar-refractivity contribution < 1.29 is 19.1 Å². The third-order valence-electron chi connectivity index (χ3n) is 2.78. The molecule has 5 nitrogen and oxygen atoms in total. The second-order valence-electron chi connectivity index (χ2n) is 4.24. The van der Waals surface area contributed by atoms with E-state index in [1.807, 2.05) is 0 Å². The number of carbonyl (C=O) groups is 2. The highest BCUT2D eigenvalue weighted by Gasteiger charge is 2.21. The van der Waals surface area contributed by atoms with Gasteiger partial charge in [0.25, 0.3) is 5.91 Å². The molecule has 1 aromatic carbocycles. The maximum atomic E-state index is 12.0. The number of hydrogen-bond donors (Lipinski definition) is 1. The molecule has 0 aliphatic carbocycles. The van der Waals surface area contributed by atoms with Crippen molar-refractivity contribution in [1.29, 1.82) is 0 Å². The molecule has 2 rings (SSSR count). The number of benzene rings is 1. The van der Waals surface area contributed by atoms with Crippen LogP contribution in [0.4, 0.5) is 0 Å². The number of aromatic carboxylic acids is 1. The molecule has 0 fully saturated rings. The van der Waals surface area contributed by atoms with Crippen LogP contribution in [-0.2, 0) is 0 Å². The fraction of sp³-hybridized carbons (Fsp3) is 0.231. The molecule has 0 unspecified atom stereocenters. The van der Waals surface area contributed by atoms with Crippen LogP contribution in [-0.4, -0.2) is 36.0 Å². The monoisotopic (exact) mass is 247 g/mol. The minimum Gasteiger partial charge on any atom is -0.475 e. The maximum absolute atomic E-state index is 12.0. The van der Waals surface area contributed by atoms with E-state index in [-0.39, 0.29) is 11.7 Å². The molecule has 0 saturated heterocycles. The SMILES string of the molecule is Cc1c(C(=O)O)oc2cccc(C(=O)N(C)C)c12. The van der Waals surface area contributed by atoms with Crippen molar-refractivity contribution in [3.8, 4) is 0 Å². The molecule has 5 heteroatoms. The van der Waals surface area contributed by atoms with Crippen LogP contribution in [0.1, 0.15) is 26.5 Å². The molecule has 0 radical (unpaired) electrons. The van der Waals surface area contributed by atoms with Gasteiger partial charge in [-0.1, -0.05) is 6.07 Å². The highest BCUT2D eigenvalue weighted by atomic mass is 16.4. The van der Waals surface area contributed by atoms with Gasteiger partial charge in [0, 0.05) is 25.0 Å². The average molecular weight is 247 g/mol. The summed E-state index contributed by atoms with van der Waals surface area (Å²) in [5, 5.41) is 9.58. The molecule has 1 N–H and O–H groups in total. The molecule has 0 atom stereocenters. The summed E-state index contributed by atoms with van der Waals surface area (Å²) in [6.07, 6.45) is 0. The molecular formula is C13H13NO4. The Hall–Kier alpha value is -2.30. The smallest absolute Gasteiger partial charge is 0.372 e. The maximum Gasteiger partial charge on any atom is 0.372 e. The lowest BCUT2D eigenvalue weighted by molar-refractivity contribution is 0.0663. The van der Waals surface area contributed by atoms with Gasteiger partial charge in [-0.2, -0.15) is 0 Å². The summed E-state index contributed by atoms with van der Waals surface area (Å²) in [7, 11) is 3.30. The number of amides is 1. The molecule has 1 amide bonds. The van der Waals surface area contributed by atoms with Gasteiger partial charge in [-0.05, 0) is 19.1 Å². The zero-order chi connectivity index (χ0) is 13.4. The molecular weight excluding hydrogens is 234 g/mol. The highest BCUT2D eigenvalue weighted by molar-refractivity contribution is 6.09. The summed E-state index contributed by atoms with van der Waals surface area (Å²) in [5.41, 5.74) is 1.34. The van der Waals surface area contributed by atoms with Gasteiger partial charge < -0.3 is 14.4 Å². The van der Waals surface area contributed by atoms with Crippen molar-refractivity contribution in [3.05, 3.63) is 35.1 Å². The number of furan rings is 1. The van der Waals surface area contributed by atoms with Crippen LogP contribution in [0.3, 0.4) is 0 Å². The van der Waals surface area contributed by atoms with Crippen molar-refractivity contribution in [2.75, 3.05) is 14.1 Å². The minimum atomic E-state index is -1.13. The summed E-state index contributed by atoms with van der Waals surface area (Å²) in [6, 6.07) is 4.99. The van der Waals surface area contributed by atoms with Gasteiger partial charge in [0.1, 0.15) is 5.58 Å². The number of carboxylic acids is 1. The van der Waals surface area contributed by atoms with E-state index in [2.05, 4.69) is 0 Å². The number of aryl methyl sites for hydroxylation is 1. The Balaban J connectivity index is 2.77. The normalized spacial score (nSPS) is 10.6. The number of carboxylic acid groups (broad SMARTS) is 1. The van der Waals surface area contributed by atoms with Crippen molar-refractivity contribution in [2.24, 2.45) is 0 Å². The van der Waals surface area contributed by atoms with Crippen molar-refractivity contribution in [1.82, 2.24) is 4.90 Å². The first kappa shape index (κ1) is 12.2. The van der Waals surface area contributed by atoms with Crippen molar-refractivity contribution in [2.45, 2.75) is 6.92 Å². The fourth-order valence-corrected chi connectivity index (χ4v) is 1.93. The van der Waals surface area contributed by atoms with E-state index in [1.54, 1.807) is 39.2 Å². The lowest BCUT2D eigenvalue weighted by atomic mass is 10.0. The lowest BCUT2D eigenvalue weighted by Crippen LogP contribution is -2.21. The summed E-state index contributed by atoms with van der Waals surface area (Å²) in [5.74, 6) is -1.43. The highest BCUT2D eigenvalue weighted by Crippen LogP contribution is 2.28. The van der Waals surface area contributed by atoms with Gasteiger partial charge in [0.05, 0.1) is 5.56 Å². The summed E-state index contributed by atoms with van der Waals surface area (Å²) in [6.45, 7) is 1.64. The number of carbonyl (C=O) groups excluding carboxylic acids is 1. The summed E-state index contributed by atoms with van der Waals surface area (Å²) < 4.78 is 5.26. The molecule has 2 aromatic rings. The van der Waals surface area contributed by atoms with Crippen LogP contribution in [0.5, 0.6) is 0 Å². The number of rotatable bonds is 2. The Morgan fingerprint density at radius 3 is 2.50 bits per heavy atom. The molecule has 0 spiro atoms. The van der Waals surface area contributed by atoms with E-state index in [4.69, 9.17) is 9.52 Å². The Bertz CT molecular complexity index is 640. The number of hydrogen-bond acceptors (Lipinski definition) is 3. The van der Waals surface area contributed by atoms with Crippen LogP contribution in [0.15, 0.2) is 22.6 Å². The van der Waals surface area contributed by atoms with Crippen LogP contribution in [0, 0.1) is 6.92 Å². The van der Waals surface area contributed by atoms with Gasteiger partial charge in [-0.15, -0.1) is 0 Å². The Labute approximate surface area is 104 Å². The average Bonchev–Trinajstić information content (AvgIpc) is 2.66. The van der Waals surface area contributed by atoms with Crippen molar-refractivity contribution in [3.63, 3.8) is 0 Å². The van der Waals surface area contributed by atoms with Crippen LogP contribution >= 0.6 is 0 Å². The Kier molecular flexibility index (Phi) is 2.82. The first-order chi connectivity index (χ1) is 8.43. The Morgan fingerprint density at radius 1 is 1.28 bits per heavy atom. The predicted molar refractivity (Wildman–Crippen MR) is 65.9 cm³/mol. The quantitative estimate of drug-likeness (QED) is 0.882. The number of nitrogens with zero attached hydrogens (tertiary/aromatic N) is 1. The first-order valence-electron chi connectivity index (χ1n) is 5.40. The van der Waals surface area contributed by atoms with Gasteiger partial charge in [0.2, 0.25) is 5.76 Å². The van der Waals surface area contributed by atoms with Gasteiger partial charge >= 0.3 is 5.97 Å². The minimum absolute atomic E-state index is 0.121. The summed E-state index contributed by atoms with van der Waals surface area (Å²) in [4.78, 5) is 24.5. The standard InChI is InChI=1S/C13H13NO4/c1-7-10-8(12(15)14(2)3)5-4-6-9(10)18-11(7)13(16)17/h4-6H,1-3H3,(H,16,17). The molecule has 0 saturated carbocycles. The largest absolute Gasteiger partial charge is 0.475 e.